The smallest absolute Gasteiger partial charge is 0.335 e. The van der Waals surface area contributed by atoms with E-state index in [1.807, 2.05) is 37.3 Å². The van der Waals surface area contributed by atoms with E-state index in [0.29, 0.717) is 5.56 Å². The summed E-state index contributed by atoms with van der Waals surface area (Å²) in [7, 11) is -5.84. The van der Waals surface area contributed by atoms with Gasteiger partial charge in [-0.15, -0.1) is 5.10 Å². The van der Waals surface area contributed by atoms with Gasteiger partial charge in [-0.1, -0.05) is 51.1 Å². The number of ether oxygens (including phenoxy) is 1. The number of amides is 1. The summed E-state index contributed by atoms with van der Waals surface area (Å²) >= 11 is 0. The molecule has 1 fully saturated rings. The maximum atomic E-state index is 13.4. The Morgan fingerprint density at radius 3 is 2.39 bits per heavy atom. The van der Waals surface area contributed by atoms with Crippen LogP contribution in [0.1, 0.15) is 56.6 Å². The number of carbonyl (C=O) groups is 2. The number of fused-ring (bicyclic) bond motifs is 3. The predicted molar refractivity (Wildman–Crippen MR) is 135 cm³/mol. The first-order chi connectivity index (χ1) is 16.6. The van der Waals surface area contributed by atoms with Crippen molar-refractivity contribution < 1.29 is 27.2 Å². The lowest BCUT2D eigenvalue weighted by molar-refractivity contribution is -0.176. The van der Waals surface area contributed by atoms with Gasteiger partial charge >= 0.3 is 5.97 Å². The quantitative estimate of drug-likeness (QED) is 0.302. The number of aromatic nitrogens is 2. The lowest BCUT2D eigenvalue weighted by atomic mass is 9.82. The van der Waals surface area contributed by atoms with Gasteiger partial charge in [0, 0.05) is 11.8 Å². The molecule has 0 unspecified atom stereocenters. The maximum Gasteiger partial charge on any atom is 0.335 e. The van der Waals surface area contributed by atoms with Crippen LogP contribution in [0.4, 0.5) is 0 Å². The Kier molecular flexibility index (Phi) is 6.63. The monoisotopic (exact) mass is 531 g/mol. The van der Waals surface area contributed by atoms with Crippen molar-refractivity contribution in [3.8, 4) is 0 Å². The molecule has 4 atom stereocenters. The fourth-order valence-corrected chi connectivity index (χ4v) is 6.49. The molecular formula is C25H33N3O6SSi. The Balaban J connectivity index is 1.67. The Labute approximate surface area is 213 Å². The molecule has 9 nitrogen and oxygen atoms in total. The SMILES string of the molecule is C[C@@H](O[Si](C)(C)C(C)(C)C)[C@H]1C(=O)N2[C@H](C(=O)OCc3ccccc3)c3nnc(S(C)(=O)=O)cc3[C@H]12. The number of benzene rings is 1. The van der Waals surface area contributed by atoms with E-state index in [4.69, 9.17) is 9.16 Å². The normalized spacial score (nSPS) is 22.5. The van der Waals surface area contributed by atoms with Crippen LogP contribution in [-0.2, 0) is 35.2 Å². The van der Waals surface area contributed by atoms with Crippen LogP contribution in [0.3, 0.4) is 0 Å². The summed E-state index contributed by atoms with van der Waals surface area (Å²) < 4.78 is 36.5. The summed E-state index contributed by atoms with van der Waals surface area (Å²) in [5.41, 5.74) is 1.56. The van der Waals surface area contributed by atoms with Crippen molar-refractivity contribution in [3.05, 3.63) is 53.2 Å². The van der Waals surface area contributed by atoms with E-state index in [1.54, 1.807) is 0 Å². The summed E-state index contributed by atoms with van der Waals surface area (Å²) in [4.78, 5) is 28.1. The zero-order valence-corrected chi connectivity index (χ0v) is 23.5. The molecular weight excluding hydrogens is 498 g/mol. The fraction of sp³-hybridized carbons (Fsp3) is 0.520. The van der Waals surface area contributed by atoms with Gasteiger partial charge < -0.3 is 14.1 Å². The summed E-state index contributed by atoms with van der Waals surface area (Å²) in [5, 5.41) is 7.70. The lowest BCUT2D eigenvalue weighted by Gasteiger charge is -2.49. The standard InChI is InChI=1S/C25H33N3O6SSi/c1-15(34-36(6,7)25(2,3)4)19-21-17-13-18(35(5,31)32)26-27-20(17)22(28(21)23(19)29)24(30)33-14-16-11-9-8-10-12-16/h8-13,15,19,21-22H,14H2,1-7H3/t15-,19-,21-,22+/m1/s1. The number of hydrogen-bond donors (Lipinski definition) is 0. The molecule has 2 aromatic rings. The van der Waals surface area contributed by atoms with Crippen molar-refractivity contribution in [2.45, 2.75) is 75.6 Å². The average Bonchev–Trinajstić information content (AvgIpc) is 3.06. The minimum absolute atomic E-state index is 0.0430. The summed E-state index contributed by atoms with van der Waals surface area (Å²) in [5.74, 6) is -1.44. The molecule has 0 saturated carbocycles. The molecule has 3 heterocycles. The van der Waals surface area contributed by atoms with E-state index >= 15 is 0 Å². The number of sulfone groups is 1. The van der Waals surface area contributed by atoms with Crippen LogP contribution in [0.2, 0.25) is 18.1 Å². The molecule has 1 aromatic heterocycles. The molecule has 11 heteroatoms. The zero-order valence-electron chi connectivity index (χ0n) is 21.7. The molecule has 4 rings (SSSR count). The second-order valence-electron chi connectivity index (χ2n) is 11.1. The van der Waals surface area contributed by atoms with Crippen molar-refractivity contribution >= 4 is 30.0 Å². The lowest BCUT2D eigenvalue weighted by Crippen LogP contribution is -2.60. The van der Waals surface area contributed by atoms with Crippen LogP contribution in [0, 0.1) is 5.92 Å². The number of nitrogens with zero attached hydrogens (tertiary/aromatic N) is 3. The molecule has 0 spiro atoms. The highest BCUT2D eigenvalue weighted by molar-refractivity contribution is 7.90. The largest absolute Gasteiger partial charge is 0.459 e. The van der Waals surface area contributed by atoms with Crippen LogP contribution in [0.15, 0.2) is 41.4 Å². The van der Waals surface area contributed by atoms with Gasteiger partial charge in [0.1, 0.15) is 12.3 Å². The number of esters is 1. The zero-order chi connectivity index (χ0) is 26.6. The van der Waals surface area contributed by atoms with Crippen molar-refractivity contribution in [3.63, 3.8) is 0 Å². The van der Waals surface area contributed by atoms with Gasteiger partial charge in [-0.05, 0) is 36.7 Å². The number of rotatable bonds is 7. The summed E-state index contributed by atoms with van der Waals surface area (Å²) in [6.07, 6.45) is 0.621. The molecule has 0 aliphatic carbocycles. The van der Waals surface area contributed by atoms with Gasteiger partial charge in [0.25, 0.3) is 0 Å². The number of β-lactam (4-membered cyclic amide) rings is 1. The van der Waals surface area contributed by atoms with Crippen LogP contribution in [0.5, 0.6) is 0 Å². The Morgan fingerprint density at radius 1 is 1.17 bits per heavy atom. The van der Waals surface area contributed by atoms with Gasteiger partial charge in [-0.3, -0.25) is 4.79 Å². The van der Waals surface area contributed by atoms with Crippen molar-refractivity contribution in [2.75, 3.05) is 6.26 Å². The first-order valence-electron chi connectivity index (χ1n) is 11.9. The third-order valence-electron chi connectivity index (χ3n) is 7.49. The van der Waals surface area contributed by atoms with Crippen LogP contribution >= 0.6 is 0 Å². The van der Waals surface area contributed by atoms with E-state index < -0.39 is 48.2 Å². The first-order valence-corrected chi connectivity index (χ1v) is 16.7. The van der Waals surface area contributed by atoms with Crippen molar-refractivity contribution in [2.24, 2.45) is 5.92 Å². The topological polar surface area (TPSA) is 116 Å². The second kappa shape index (κ2) is 9.04. The molecule has 1 amide bonds. The highest BCUT2D eigenvalue weighted by Crippen LogP contribution is 2.55. The highest BCUT2D eigenvalue weighted by Gasteiger charge is 2.62. The highest BCUT2D eigenvalue weighted by atomic mass is 32.2. The third-order valence-corrected chi connectivity index (χ3v) is 13.0. The molecule has 0 bridgehead atoms. The first kappa shape index (κ1) is 26.4. The van der Waals surface area contributed by atoms with E-state index in [9.17, 15) is 18.0 Å². The molecule has 2 aliphatic rings. The number of hydrogen-bond acceptors (Lipinski definition) is 8. The number of carbonyl (C=O) groups excluding carboxylic acids is 2. The Bertz CT molecular complexity index is 1290. The average molecular weight is 532 g/mol. The molecule has 2 aliphatic heterocycles. The fourth-order valence-electron chi connectivity index (χ4n) is 4.53. The van der Waals surface area contributed by atoms with Crippen molar-refractivity contribution in [1.82, 2.24) is 15.1 Å². The molecule has 1 saturated heterocycles. The predicted octanol–water partition coefficient (Wildman–Crippen LogP) is 3.59. The van der Waals surface area contributed by atoms with E-state index in [0.717, 1.165) is 11.8 Å². The Hall–Kier alpha value is -2.63. The van der Waals surface area contributed by atoms with Gasteiger partial charge in [0.15, 0.2) is 29.2 Å². The summed E-state index contributed by atoms with van der Waals surface area (Å²) in [6, 6.07) is 9.02. The van der Waals surface area contributed by atoms with Crippen molar-refractivity contribution in [1.29, 1.82) is 0 Å². The minimum atomic E-state index is -3.64. The Morgan fingerprint density at radius 2 is 1.81 bits per heavy atom. The molecule has 0 N–H and O–H groups in total. The van der Waals surface area contributed by atoms with Gasteiger partial charge in [-0.2, -0.15) is 5.10 Å². The van der Waals surface area contributed by atoms with E-state index in [1.165, 1.54) is 11.0 Å². The van der Waals surface area contributed by atoms with E-state index in [2.05, 4.69) is 44.1 Å². The minimum Gasteiger partial charge on any atom is -0.459 e. The maximum absolute atomic E-state index is 13.4. The second-order valence-corrected chi connectivity index (χ2v) is 17.8. The van der Waals surface area contributed by atoms with E-state index in [-0.39, 0.29) is 28.3 Å². The molecule has 194 valence electrons. The third kappa shape index (κ3) is 4.59. The van der Waals surface area contributed by atoms with Gasteiger partial charge in [-0.25, -0.2) is 13.2 Å². The van der Waals surface area contributed by atoms with Gasteiger partial charge in [0.2, 0.25) is 5.91 Å². The summed E-state index contributed by atoms with van der Waals surface area (Å²) in [6.45, 7) is 12.5. The van der Waals surface area contributed by atoms with Crippen LogP contribution < -0.4 is 0 Å². The van der Waals surface area contributed by atoms with Crippen LogP contribution in [0.25, 0.3) is 0 Å². The molecule has 36 heavy (non-hydrogen) atoms. The van der Waals surface area contributed by atoms with Gasteiger partial charge in [0.05, 0.1) is 18.1 Å². The molecule has 0 radical (unpaired) electrons. The molecule has 1 aromatic carbocycles. The van der Waals surface area contributed by atoms with Crippen LogP contribution in [-0.4, -0.2) is 56.1 Å².